The fourth-order valence-corrected chi connectivity index (χ4v) is 2.29. The largest absolute Gasteiger partial charge is 0.397 e. The van der Waals surface area contributed by atoms with Crippen molar-refractivity contribution >= 4 is 17.3 Å². The van der Waals surface area contributed by atoms with Crippen LogP contribution in [0, 0.1) is 5.92 Å². The summed E-state index contributed by atoms with van der Waals surface area (Å²) in [6.45, 7) is 2.75. The third-order valence-electron chi connectivity index (χ3n) is 3.30. The Morgan fingerprint density at radius 3 is 2.83 bits per heavy atom. The number of rotatable bonds is 5. The number of nitrogens with two attached hydrogens (primary N) is 1. The van der Waals surface area contributed by atoms with Crippen LogP contribution < -0.4 is 11.1 Å². The summed E-state index contributed by atoms with van der Waals surface area (Å²) in [5, 5.41) is 2.85. The fourth-order valence-electron chi connectivity index (χ4n) is 2.29. The fraction of sp³-hybridized carbons (Fsp3) is 0.500. The van der Waals surface area contributed by atoms with Crippen LogP contribution in [-0.4, -0.2) is 18.6 Å². The summed E-state index contributed by atoms with van der Waals surface area (Å²) in [4.78, 5) is 11.8. The van der Waals surface area contributed by atoms with Crippen molar-refractivity contribution in [1.29, 1.82) is 0 Å². The molecular weight excluding hydrogens is 228 g/mol. The zero-order chi connectivity index (χ0) is 13.0. The van der Waals surface area contributed by atoms with Crippen LogP contribution in [0.3, 0.4) is 0 Å². The molecule has 1 saturated carbocycles. The van der Waals surface area contributed by atoms with Crippen molar-refractivity contribution < 1.29 is 9.53 Å². The number of ether oxygens (including phenoxy) is 1. The van der Waals surface area contributed by atoms with Crippen molar-refractivity contribution in [2.24, 2.45) is 5.92 Å². The zero-order valence-corrected chi connectivity index (χ0v) is 10.7. The molecule has 0 unspecified atom stereocenters. The van der Waals surface area contributed by atoms with Gasteiger partial charge in [-0.1, -0.05) is 12.1 Å². The molecule has 0 atom stereocenters. The maximum absolute atomic E-state index is 11.8. The molecule has 18 heavy (non-hydrogen) atoms. The van der Waals surface area contributed by atoms with Gasteiger partial charge in [0.05, 0.1) is 17.5 Å². The van der Waals surface area contributed by atoms with Crippen LogP contribution in [0.5, 0.6) is 0 Å². The summed E-state index contributed by atoms with van der Waals surface area (Å²) in [5.74, 6) is 0.485. The predicted molar refractivity (Wildman–Crippen MR) is 72.2 cm³/mol. The quantitative estimate of drug-likeness (QED) is 0.786. The molecule has 98 valence electrons. The van der Waals surface area contributed by atoms with Gasteiger partial charge in [0.1, 0.15) is 0 Å². The smallest absolute Gasteiger partial charge is 0.224 e. The normalized spacial score (nSPS) is 22.3. The second kappa shape index (κ2) is 5.87. The number of nitrogens with one attached hydrogen (secondary N) is 1. The lowest BCUT2D eigenvalue weighted by Crippen LogP contribution is -2.33. The van der Waals surface area contributed by atoms with Crippen molar-refractivity contribution in [2.45, 2.75) is 32.3 Å². The van der Waals surface area contributed by atoms with Gasteiger partial charge in [-0.2, -0.15) is 0 Å². The molecule has 1 fully saturated rings. The van der Waals surface area contributed by atoms with E-state index in [2.05, 4.69) is 5.32 Å². The standard InChI is InChI=1S/C14H20N2O2/c1-2-18-11-7-10(8-11)9-14(17)16-13-6-4-3-5-12(13)15/h3-6,10-11H,2,7-9,15H2,1H3,(H,16,17). The van der Waals surface area contributed by atoms with Gasteiger partial charge in [0, 0.05) is 13.0 Å². The lowest BCUT2D eigenvalue weighted by atomic mass is 9.80. The second-order valence-electron chi connectivity index (χ2n) is 4.75. The molecule has 1 amide bonds. The van der Waals surface area contributed by atoms with Gasteiger partial charge in [0.2, 0.25) is 5.91 Å². The van der Waals surface area contributed by atoms with E-state index in [9.17, 15) is 4.79 Å². The number of carbonyl (C=O) groups is 1. The molecule has 0 aromatic heterocycles. The molecule has 1 aliphatic rings. The van der Waals surface area contributed by atoms with E-state index in [0.29, 0.717) is 29.8 Å². The molecule has 4 heteroatoms. The summed E-state index contributed by atoms with van der Waals surface area (Å²) in [6, 6.07) is 7.31. The summed E-state index contributed by atoms with van der Waals surface area (Å²) < 4.78 is 5.48. The Balaban J connectivity index is 1.75. The van der Waals surface area contributed by atoms with Crippen LogP contribution in [-0.2, 0) is 9.53 Å². The maximum Gasteiger partial charge on any atom is 0.224 e. The average Bonchev–Trinajstić information content (AvgIpc) is 2.29. The molecule has 0 radical (unpaired) electrons. The molecule has 1 aliphatic carbocycles. The van der Waals surface area contributed by atoms with E-state index in [1.54, 1.807) is 6.07 Å². The summed E-state index contributed by atoms with van der Waals surface area (Å²) in [6.07, 6.45) is 2.89. The van der Waals surface area contributed by atoms with E-state index in [1.165, 1.54) is 0 Å². The SMILES string of the molecule is CCOC1CC(CC(=O)Nc2ccccc2N)C1. The predicted octanol–water partition coefficient (Wildman–Crippen LogP) is 2.41. The molecule has 4 nitrogen and oxygen atoms in total. The second-order valence-corrected chi connectivity index (χ2v) is 4.75. The van der Waals surface area contributed by atoms with E-state index in [-0.39, 0.29) is 5.91 Å². The number of benzene rings is 1. The first kappa shape index (κ1) is 12.9. The van der Waals surface area contributed by atoms with Crippen LogP contribution in [0.1, 0.15) is 26.2 Å². The molecule has 3 N–H and O–H groups in total. The number of anilines is 2. The lowest BCUT2D eigenvalue weighted by Gasteiger charge is -2.34. The zero-order valence-electron chi connectivity index (χ0n) is 10.7. The first-order chi connectivity index (χ1) is 8.69. The van der Waals surface area contributed by atoms with Crippen molar-refractivity contribution in [1.82, 2.24) is 0 Å². The summed E-state index contributed by atoms with van der Waals surface area (Å²) in [7, 11) is 0. The van der Waals surface area contributed by atoms with Gasteiger partial charge < -0.3 is 15.8 Å². The highest BCUT2D eigenvalue weighted by atomic mass is 16.5. The van der Waals surface area contributed by atoms with Gasteiger partial charge >= 0.3 is 0 Å². The average molecular weight is 248 g/mol. The van der Waals surface area contributed by atoms with Crippen molar-refractivity contribution in [3.63, 3.8) is 0 Å². The Morgan fingerprint density at radius 2 is 2.17 bits per heavy atom. The maximum atomic E-state index is 11.8. The lowest BCUT2D eigenvalue weighted by molar-refractivity contribution is -0.119. The molecular formula is C14H20N2O2. The summed E-state index contributed by atoms with van der Waals surface area (Å²) in [5.41, 5.74) is 7.07. The molecule has 1 aromatic rings. The Labute approximate surface area is 108 Å². The topological polar surface area (TPSA) is 64.3 Å². The van der Waals surface area contributed by atoms with Crippen LogP contribution in [0.15, 0.2) is 24.3 Å². The van der Waals surface area contributed by atoms with Gasteiger partial charge in [-0.15, -0.1) is 0 Å². The number of hydrogen-bond acceptors (Lipinski definition) is 3. The van der Waals surface area contributed by atoms with E-state index >= 15 is 0 Å². The van der Waals surface area contributed by atoms with Crippen LogP contribution in [0.2, 0.25) is 0 Å². The van der Waals surface area contributed by atoms with Gasteiger partial charge in [-0.05, 0) is 37.8 Å². The van der Waals surface area contributed by atoms with Gasteiger partial charge in [0.25, 0.3) is 0 Å². The molecule has 0 aliphatic heterocycles. The monoisotopic (exact) mass is 248 g/mol. The Hall–Kier alpha value is -1.55. The minimum atomic E-state index is 0.0350. The number of para-hydroxylation sites is 2. The number of nitrogen functional groups attached to an aromatic ring is 1. The van der Waals surface area contributed by atoms with E-state index in [0.717, 1.165) is 19.4 Å². The van der Waals surface area contributed by atoms with E-state index in [4.69, 9.17) is 10.5 Å². The van der Waals surface area contributed by atoms with Gasteiger partial charge in [-0.3, -0.25) is 4.79 Å². The van der Waals surface area contributed by atoms with Gasteiger partial charge in [0.15, 0.2) is 0 Å². The molecule has 2 rings (SSSR count). The number of amides is 1. The van der Waals surface area contributed by atoms with Crippen LogP contribution in [0.4, 0.5) is 11.4 Å². The number of hydrogen-bond donors (Lipinski definition) is 2. The third-order valence-corrected chi connectivity index (χ3v) is 3.30. The number of carbonyl (C=O) groups excluding carboxylic acids is 1. The van der Waals surface area contributed by atoms with Crippen molar-refractivity contribution in [3.8, 4) is 0 Å². The first-order valence-electron chi connectivity index (χ1n) is 6.45. The first-order valence-corrected chi connectivity index (χ1v) is 6.45. The van der Waals surface area contributed by atoms with E-state index < -0.39 is 0 Å². The molecule has 0 saturated heterocycles. The molecule has 0 bridgehead atoms. The van der Waals surface area contributed by atoms with Crippen LogP contribution in [0.25, 0.3) is 0 Å². The van der Waals surface area contributed by atoms with Crippen molar-refractivity contribution in [2.75, 3.05) is 17.7 Å². The molecule has 0 spiro atoms. The molecule has 0 heterocycles. The van der Waals surface area contributed by atoms with Gasteiger partial charge in [-0.25, -0.2) is 0 Å². The minimum Gasteiger partial charge on any atom is -0.397 e. The Bertz CT molecular complexity index is 414. The summed E-state index contributed by atoms with van der Waals surface area (Å²) >= 11 is 0. The van der Waals surface area contributed by atoms with Crippen molar-refractivity contribution in [3.05, 3.63) is 24.3 Å². The highest BCUT2D eigenvalue weighted by Crippen LogP contribution is 2.33. The minimum absolute atomic E-state index is 0.0350. The highest BCUT2D eigenvalue weighted by Gasteiger charge is 2.31. The Morgan fingerprint density at radius 1 is 1.44 bits per heavy atom. The Kier molecular flexibility index (Phi) is 4.20. The molecule has 1 aromatic carbocycles. The van der Waals surface area contributed by atoms with Crippen LogP contribution >= 0.6 is 0 Å². The highest BCUT2D eigenvalue weighted by molar-refractivity contribution is 5.93. The third kappa shape index (κ3) is 3.23. The van der Waals surface area contributed by atoms with E-state index in [1.807, 2.05) is 25.1 Å².